The molecule has 1 heterocycles. The standard InChI is InChI=1S/C19H20O2/c1-13-6-8-15(9-7-13)18(20)17-11-14(2)19-16(12-17)5-3-4-10-21-19/h6-9,11-12H,3-5,10H2,1-2H3. The molecule has 0 saturated heterocycles. The maximum Gasteiger partial charge on any atom is 0.193 e. The quantitative estimate of drug-likeness (QED) is 0.769. The Balaban J connectivity index is 1.99. The molecule has 108 valence electrons. The molecule has 2 nitrogen and oxygen atoms in total. The molecule has 0 amide bonds. The molecule has 0 aliphatic carbocycles. The van der Waals surface area contributed by atoms with Crippen molar-refractivity contribution >= 4 is 5.78 Å². The third kappa shape index (κ3) is 2.85. The van der Waals surface area contributed by atoms with Gasteiger partial charge in [0, 0.05) is 11.1 Å². The molecule has 0 N–H and O–H groups in total. The third-order valence-electron chi connectivity index (χ3n) is 4.01. The number of carbonyl (C=O) groups excluding carboxylic acids is 1. The van der Waals surface area contributed by atoms with Crippen LogP contribution >= 0.6 is 0 Å². The summed E-state index contributed by atoms with van der Waals surface area (Å²) in [6.45, 7) is 4.83. The van der Waals surface area contributed by atoms with Crippen molar-refractivity contribution in [2.45, 2.75) is 33.1 Å². The first-order chi connectivity index (χ1) is 10.1. The summed E-state index contributed by atoms with van der Waals surface area (Å²) in [7, 11) is 0. The molecule has 2 heteroatoms. The summed E-state index contributed by atoms with van der Waals surface area (Å²) in [5.74, 6) is 1.07. The Hall–Kier alpha value is -2.09. The Morgan fingerprint density at radius 2 is 1.76 bits per heavy atom. The van der Waals surface area contributed by atoms with Crippen molar-refractivity contribution < 1.29 is 9.53 Å². The van der Waals surface area contributed by atoms with Crippen LogP contribution in [-0.2, 0) is 6.42 Å². The highest BCUT2D eigenvalue weighted by molar-refractivity contribution is 6.09. The highest BCUT2D eigenvalue weighted by atomic mass is 16.5. The number of benzene rings is 2. The normalized spacial score (nSPS) is 14.0. The van der Waals surface area contributed by atoms with Crippen molar-refractivity contribution in [2.24, 2.45) is 0 Å². The summed E-state index contributed by atoms with van der Waals surface area (Å²) in [6.07, 6.45) is 3.19. The van der Waals surface area contributed by atoms with Crippen LogP contribution in [0.3, 0.4) is 0 Å². The molecule has 0 aromatic heterocycles. The number of aryl methyl sites for hydroxylation is 3. The molecule has 0 atom stereocenters. The third-order valence-corrected chi connectivity index (χ3v) is 4.01. The fourth-order valence-electron chi connectivity index (χ4n) is 2.83. The van der Waals surface area contributed by atoms with Crippen LogP contribution in [0.1, 0.15) is 45.5 Å². The molecule has 2 aromatic carbocycles. The minimum absolute atomic E-state index is 0.0881. The summed E-state index contributed by atoms with van der Waals surface area (Å²) >= 11 is 0. The zero-order chi connectivity index (χ0) is 14.8. The average Bonchev–Trinajstić information content (AvgIpc) is 2.73. The fourth-order valence-corrected chi connectivity index (χ4v) is 2.83. The van der Waals surface area contributed by atoms with Gasteiger partial charge in [-0.05, 0) is 56.4 Å². The van der Waals surface area contributed by atoms with Crippen LogP contribution in [-0.4, -0.2) is 12.4 Å². The lowest BCUT2D eigenvalue weighted by Gasteiger charge is -2.12. The highest BCUT2D eigenvalue weighted by Crippen LogP contribution is 2.30. The van der Waals surface area contributed by atoms with E-state index in [4.69, 9.17) is 4.74 Å². The summed E-state index contributed by atoms with van der Waals surface area (Å²) in [5, 5.41) is 0. The van der Waals surface area contributed by atoms with Gasteiger partial charge in [-0.3, -0.25) is 4.79 Å². The molecular weight excluding hydrogens is 260 g/mol. The van der Waals surface area contributed by atoms with E-state index >= 15 is 0 Å². The molecule has 3 rings (SSSR count). The molecule has 0 saturated carbocycles. The van der Waals surface area contributed by atoms with Crippen molar-refractivity contribution in [3.8, 4) is 5.75 Å². The van der Waals surface area contributed by atoms with Gasteiger partial charge in [-0.15, -0.1) is 0 Å². The Kier molecular flexibility index (Phi) is 3.78. The second-order valence-electron chi connectivity index (χ2n) is 5.78. The van der Waals surface area contributed by atoms with Gasteiger partial charge >= 0.3 is 0 Å². The topological polar surface area (TPSA) is 26.3 Å². The summed E-state index contributed by atoms with van der Waals surface area (Å²) in [5.41, 5.74) is 4.90. The second kappa shape index (κ2) is 5.72. The molecule has 0 bridgehead atoms. The average molecular weight is 280 g/mol. The number of ketones is 1. The van der Waals surface area contributed by atoms with Crippen LogP contribution in [0.15, 0.2) is 36.4 Å². The number of carbonyl (C=O) groups is 1. The summed E-state index contributed by atoms with van der Waals surface area (Å²) < 4.78 is 5.82. The first-order valence-electron chi connectivity index (χ1n) is 7.53. The van der Waals surface area contributed by atoms with E-state index in [9.17, 15) is 4.79 Å². The smallest absolute Gasteiger partial charge is 0.193 e. The van der Waals surface area contributed by atoms with E-state index in [0.29, 0.717) is 0 Å². The minimum Gasteiger partial charge on any atom is -0.493 e. The molecule has 0 fully saturated rings. The van der Waals surface area contributed by atoms with Crippen LogP contribution in [0.4, 0.5) is 0 Å². The SMILES string of the molecule is Cc1ccc(C(=O)c2cc(C)c3c(c2)CCCCO3)cc1. The van der Waals surface area contributed by atoms with Crippen LogP contribution in [0.25, 0.3) is 0 Å². The molecule has 1 aliphatic rings. The van der Waals surface area contributed by atoms with Gasteiger partial charge in [0.1, 0.15) is 5.75 Å². The number of ether oxygens (including phenoxy) is 1. The first-order valence-corrected chi connectivity index (χ1v) is 7.53. The van der Waals surface area contributed by atoms with Gasteiger partial charge in [-0.2, -0.15) is 0 Å². The van der Waals surface area contributed by atoms with Crippen LogP contribution in [0.2, 0.25) is 0 Å². The van der Waals surface area contributed by atoms with Gasteiger partial charge in [0.05, 0.1) is 6.61 Å². The summed E-state index contributed by atoms with van der Waals surface area (Å²) in [4.78, 5) is 12.6. The van der Waals surface area contributed by atoms with Gasteiger partial charge < -0.3 is 4.74 Å². The number of hydrogen-bond acceptors (Lipinski definition) is 2. The summed E-state index contributed by atoms with van der Waals surface area (Å²) in [6, 6.07) is 11.7. The van der Waals surface area contributed by atoms with Gasteiger partial charge in [-0.1, -0.05) is 29.8 Å². The number of fused-ring (bicyclic) bond motifs is 1. The Labute approximate surface area is 125 Å². The maximum absolute atomic E-state index is 12.6. The predicted molar refractivity (Wildman–Crippen MR) is 84.2 cm³/mol. The van der Waals surface area contributed by atoms with Gasteiger partial charge in [0.15, 0.2) is 5.78 Å². The Morgan fingerprint density at radius 1 is 1.00 bits per heavy atom. The number of rotatable bonds is 2. The largest absolute Gasteiger partial charge is 0.493 e. The zero-order valence-corrected chi connectivity index (χ0v) is 12.6. The lowest BCUT2D eigenvalue weighted by molar-refractivity contribution is 0.103. The minimum atomic E-state index is 0.0881. The van der Waals surface area contributed by atoms with E-state index in [0.717, 1.165) is 53.9 Å². The lowest BCUT2D eigenvalue weighted by atomic mass is 9.96. The maximum atomic E-state index is 12.6. The van der Waals surface area contributed by atoms with Gasteiger partial charge in [0.25, 0.3) is 0 Å². The molecule has 0 radical (unpaired) electrons. The Morgan fingerprint density at radius 3 is 2.52 bits per heavy atom. The van der Waals surface area contributed by atoms with Crippen LogP contribution in [0.5, 0.6) is 5.75 Å². The first kappa shape index (κ1) is 13.9. The van der Waals surface area contributed by atoms with E-state index in [2.05, 4.69) is 0 Å². The predicted octanol–water partition coefficient (Wildman–Crippen LogP) is 4.25. The van der Waals surface area contributed by atoms with Crippen LogP contribution < -0.4 is 4.74 Å². The van der Waals surface area contributed by atoms with Crippen molar-refractivity contribution in [3.05, 3.63) is 64.2 Å². The zero-order valence-electron chi connectivity index (χ0n) is 12.6. The van der Waals surface area contributed by atoms with E-state index in [1.54, 1.807) is 0 Å². The molecule has 1 aliphatic heterocycles. The van der Waals surface area contributed by atoms with Crippen molar-refractivity contribution in [3.63, 3.8) is 0 Å². The number of hydrogen-bond donors (Lipinski definition) is 0. The van der Waals surface area contributed by atoms with Crippen molar-refractivity contribution in [1.82, 2.24) is 0 Å². The van der Waals surface area contributed by atoms with E-state index in [1.807, 2.05) is 50.2 Å². The highest BCUT2D eigenvalue weighted by Gasteiger charge is 2.16. The fraction of sp³-hybridized carbons (Fsp3) is 0.316. The van der Waals surface area contributed by atoms with Crippen molar-refractivity contribution in [2.75, 3.05) is 6.61 Å². The van der Waals surface area contributed by atoms with E-state index < -0.39 is 0 Å². The molecular formula is C19H20O2. The second-order valence-corrected chi connectivity index (χ2v) is 5.78. The lowest BCUT2D eigenvalue weighted by Crippen LogP contribution is -2.05. The monoisotopic (exact) mass is 280 g/mol. The van der Waals surface area contributed by atoms with Gasteiger partial charge in [0.2, 0.25) is 0 Å². The Bertz CT molecular complexity index is 669. The molecule has 21 heavy (non-hydrogen) atoms. The molecule has 0 spiro atoms. The van der Waals surface area contributed by atoms with Crippen molar-refractivity contribution in [1.29, 1.82) is 0 Å². The van der Waals surface area contributed by atoms with E-state index in [-0.39, 0.29) is 5.78 Å². The van der Waals surface area contributed by atoms with Crippen LogP contribution in [0, 0.1) is 13.8 Å². The van der Waals surface area contributed by atoms with Gasteiger partial charge in [-0.25, -0.2) is 0 Å². The van der Waals surface area contributed by atoms with E-state index in [1.165, 1.54) is 5.56 Å². The molecule has 0 unspecified atom stereocenters. The molecule has 2 aromatic rings.